The summed E-state index contributed by atoms with van der Waals surface area (Å²) >= 11 is 0. The van der Waals surface area contributed by atoms with Crippen LogP contribution in [-0.4, -0.2) is 18.3 Å². The first-order valence-corrected chi connectivity index (χ1v) is 10.3. The van der Waals surface area contributed by atoms with Crippen molar-refractivity contribution in [2.45, 2.75) is 38.9 Å². The van der Waals surface area contributed by atoms with E-state index in [0.717, 1.165) is 0 Å². The smallest absolute Gasteiger partial charge is 0.399 e. The minimum absolute atomic E-state index is 0.349. The predicted octanol–water partition coefficient (Wildman–Crippen LogP) is 7.12. The number of benzene rings is 4. The lowest BCUT2D eigenvalue weighted by Crippen LogP contribution is -2.41. The molecule has 34 heavy (non-hydrogen) atoms. The molecule has 0 saturated carbocycles. The zero-order valence-corrected chi connectivity index (χ0v) is 18.8. The molecule has 4 aromatic carbocycles. The highest BCUT2D eigenvalue weighted by molar-refractivity contribution is 6.62. The third-order valence-corrected chi connectivity index (χ3v) is 5.64. The molecule has 0 spiro atoms. The maximum absolute atomic E-state index is 9.27. The summed E-state index contributed by atoms with van der Waals surface area (Å²) < 4.78 is 167. The molecule has 4 aromatic rings. The Balaban J connectivity index is 1.99. The predicted molar refractivity (Wildman–Crippen MR) is 142 cm³/mol. The van der Waals surface area contributed by atoms with E-state index >= 15 is 0 Å². The van der Waals surface area contributed by atoms with E-state index in [4.69, 9.17) is 32.6 Å². The number of para-hydroxylation sites is 1. The van der Waals surface area contributed by atoms with Crippen molar-refractivity contribution in [2.24, 2.45) is 0 Å². The van der Waals surface area contributed by atoms with Crippen molar-refractivity contribution in [2.75, 3.05) is 4.90 Å². The Morgan fingerprint density at radius 3 is 1.71 bits per heavy atom. The minimum Gasteiger partial charge on any atom is -0.399 e. The molecule has 1 fully saturated rings. The molecule has 0 amide bonds. The van der Waals surface area contributed by atoms with Gasteiger partial charge < -0.3 is 14.2 Å². The monoisotopic (exact) mass is 465 g/mol. The topological polar surface area (TPSA) is 21.7 Å². The Bertz CT molecular complexity index is 2120. The fourth-order valence-electron chi connectivity index (χ4n) is 3.14. The summed E-state index contributed by atoms with van der Waals surface area (Å²) in [5.41, 5.74) is -6.37. The van der Waals surface area contributed by atoms with E-state index in [0.29, 0.717) is 4.90 Å². The van der Waals surface area contributed by atoms with Crippen LogP contribution in [0.2, 0.25) is 0 Å². The molecular weight excluding hydrogens is 417 g/mol. The number of hydrogen-bond donors (Lipinski definition) is 0. The average Bonchev–Trinajstić information content (AvgIpc) is 3.29. The molecule has 1 aliphatic heterocycles. The van der Waals surface area contributed by atoms with E-state index in [1.807, 2.05) is 0 Å². The summed E-state index contributed by atoms with van der Waals surface area (Å²) in [6.45, 7) is 6.80. The first kappa shape index (κ1) is 9.73. The van der Waals surface area contributed by atoms with Gasteiger partial charge in [0.05, 0.1) is 35.9 Å². The summed E-state index contributed by atoms with van der Waals surface area (Å²) in [7, 11) is -1.42. The first-order chi connectivity index (χ1) is 23.8. The fraction of sp³-hybridized carbons (Fsp3) is 0.200. The molecule has 0 bridgehead atoms. The molecule has 1 saturated heterocycles. The molecule has 0 aromatic heterocycles. The summed E-state index contributed by atoms with van der Waals surface area (Å²) in [5.74, 6) is 0. The van der Waals surface area contributed by atoms with Crippen LogP contribution >= 0.6 is 0 Å². The lowest BCUT2D eigenvalue weighted by atomic mass is 9.79. The zero-order valence-electron chi connectivity index (χ0n) is 36.8. The summed E-state index contributed by atoms with van der Waals surface area (Å²) in [4.78, 5) is 0.524. The molecule has 5 rings (SSSR count). The Kier molecular flexibility index (Phi) is 2.51. The molecule has 3 nitrogen and oxygen atoms in total. The Hall–Kier alpha value is -3.34. The third kappa shape index (κ3) is 4.27. The molecule has 0 N–H and O–H groups in total. The number of rotatable bonds is 5. The van der Waals surface area contributed by atoms with Gasteiger partial charge in [-0.05, 0) is 80.5 Å². The first-order valence-electron chi connectivity index (χ1n) is 19.3. The molecule has 1 heterocycles. The lowest BCUT2D eigenvalue weighted by Gasteiger charge is -2.32. The van der Waals surface area contributed by atoms with Crippen LogP contribution < -0.4 is 10.4 Å². The van der Waals surface area contributed by atoms with Gasteiger partial charge in [-0.2, -0.15) is 0 Å². The van der Waals surface area contributed by atoms with E-state index < -0.39 is 155 Å². The average molecular weight is 465 g/mol. The van der Waals surface area contributed by atoms with Gasteiger partial charge in [0, 0.05) is 17.1 Å². The molecule has 4 heteroatoms. The second-order valence-electron chi connectivity index (χ2n) is 8.38. The summed E-state index contributed by atoms with van der Waals surface area (Å²) in [6, 6.07) is -16.1. The van der Waals surface area contributed by atoms with Crippen molar-refractivity contribution >= 4 is 29.6 Å². The van der Waals surface area contributed by atoms with E-state index in [1.54, 1.807) is 27.7 Å². The quantitative estimate of drug-likeness (QED) is 0.293. The standard InChI is InChI=1S/C30H30BNO2/c1-29(2)30(3,4)34-31(33-29)25-18-20-27(21-19-25)32(26-15-9-6-10-16-26)28-17-11-14-24(22-28)23-12-7-5-8-13-23/h5-22H,1-4H3/i5D,6D,7D,8D,9D,10D,11D,12D,13D,14D,15D,16D,17D,18D,19D,20D,21D,22D. The second kappa shape index (κ2) is 8.79. The van der Waals surface area contributed by atoms with Gasteiger partial charge in [-0.15, -0.1) is 0 Å². The maximum Gasteiger partial charge on any atom is 0.494 e. The SMILES string of the molecule is [2H]c1c([2H])c([2H])c(-c2c([2H])c([2H])c([2H])c(N(c3c([2H])c([2H])c([2H])c([2H])c3[2H])c3c([2H])c([2H])c(B4OC(C)(C)C(C)(C)O4)c([2H])c3[2H])c2[2H])c([2H])c1[2H]. The van der Waals surface area contributed by atoms with Crippen LogP contribution in [-0.2, 0) is 9.31 Å². The Labute approximate surface area is 228 Å². The molecule has 170 valence electrons. The van der Waals surface area contributed by atoms with Crippen LogP contribution in [0.15, 0.2) is 109 Å². The molecule has 1 aliphatic rings. The van der Waals surface area contributed by atoms with E-state index in [2.05, 4.69) is 0 Å². The van der Waals surface area contributed by atoms with Gasteiger partial charge in [0.25, 0.3) is 0 Å². The van der Waals surface area contributed by atoms with Crippen LogP contribution in [0.5, 0.6) is 0 Å². The highest BCUT2D eigenvalue weighted by Crippen LogP contribution is 2.38. The summed E-state index contributed by atoms with van der Waals surface area (Å²) in [6.07, 6.45) is 0. The molecule has 0 aliphatic carbocycles. The van der Waals surface area contributed by atoms with Gasteiger partial charge >= 0.3 is 7.12 Å². The van der Waals surface area contributed by atoms with Crippen LogP contribution in [0.1, 0.15) is 52.4 Å². The highest BCUT2D eigenvalue weighted by atomic mass is 16.7. The van der Waals surface area contributed by atoms with E-state index in [-0.39, 0.29) is 5.46 Å². The van der Waals surface area contributed by atoms with Crippen molar-refractivity contribution in [3.8, 4) is 11.1 Å². The highest BCUT2D eigenvalue weighted by Gasteiger charge is 2.51. The fourth-order valence-corrected chi connectivity index (χ4v) is 3.14. The molecular formula is C30H30BNO2. The third-order valence-electron chi connectivity index (χ3n) is 5.64. The van der Waals surface area contributed by atoms with Gasteiger partial charge in [0.1, 0.15) is 0 Å². The van der Waals surface area contributed by atoms with Crippen molar-refractivity contribution in [1.29, 1.82) is 0 Å². The lowest BCUT2D eigenvalue weighted by molar-refractivity contribution is 0.00578. The Morgan fingerprint density at radius 2 is 1.09 bits per heavy atom. The molecule has 0 radical (unpaired) electrons. The van der Waals surface area contributed by atoms with Crippen molar-refractivity contribution < 1.29 is 34.0 Å². The molecule has 0 atom stereocenters. The Morgan fingerprint density at radius 1 is 0.588 bits per heavy atom. The van der Waals surface area contributed by atoms with Crippen LogP contribution in [0.4, 0.5) is 17.1 Å². The maximum atomic E-state index is 9.27. The summed E-state index contributed by atoms with van der Waals surface area (Å²) in [5, 5.41) is 0. The zero-order chi connectivity index (χ0) is 39.4. The largest absolute Gasteiger partial charge is 0.494 e. The molecule has 0 unspecified atom stereocenters. The van der Waals surface area contributed by atoms with Crippen molar-refractivity contribution in [1.82, 2.24) is 0 Å². The normalized spacial score (nSPS) is 23.8. The van der Waals surface area contributed by atoms with Crippen LogP contribution in [0.3, 0.4) is 0 Å². The van der Waals surface area contributed by atoms with Crippen LogP contribution in [0.25, 0.3) is 11.1 Å². The van der Waals surface area contributed by atoms with Gasteiger partial charge in [-0.3, -0.25) is 0 Å². The van der Waals surface area contributed by atoms with Gasteiger partial charge in [0.2, 0.25) is 0 Å². The van der Waals surface area contributed by atoms with Crippen LogP contribution in [0, 0.1) is 0 Å². The van der Waals surface area contributed by atoms with Gasteiger partial charge in [-0.25, -0.2) is 0 Å². The van der Waals surface area contributed by atoms with E-state index in [9.17, 15) is 1.37 Å². The minimum atomic E-state index is -1.42. The van der Waals surface area contributed by atoms with Crippen molar-refractivity contribution in [3.63, 3.8) is 0 Å². The number of nitrogens with zero attached hydrogens (tertiary/aromatic N) is 1. The van der Waals surface area contributed by atoms with Gasteiger partial charge in [0.15, 0.2) is 0 Å². The van der Waals surface area contributed by atoms with Crippen molar-refractivity contribution in [3.05, 3.63) is 109 Å². The number of anilines is 3. The number of hydrogen-bond acceptors (Lipinski definition) is 3. The van der Waals surface area contributed by atoms with E-state index in [1.165, 1.54) is 0 Å². The van der Waals surface area contributed by atoms with Gasteiger partial charge in [-0.1, -0.05) is 72.5 Å². The second-order valence-corrected chi connectivity index (χ2v) is 8.38.